The summed E-state index contributed by atoms with van der Waals surface area (Å²) in [5, 5.41) is 4.57. The second-order valence-electron chi connectivity index (χ2n) is 6.74. The molecule has 8 heteroatoms. The lowest BCUT2D eigenvalue weighted by molar-refractivity contribution is 0.192. The lowest BCUT2D eigenvalue weighted by atomic mass is 10.1. The maximum atomic E-state index is 5.70. The van der Waals surface area contributed by atoms with Gasteiger partial charge in [0.05, 0.1) is 20.2 Å². The Balaban J connectivity index is 1.35. The van der Waals surface area contributed by atoms with Crippen LogP contribution < -0.4 is 9.64 Å². The van der Waals surface area contributed by atoms with Crippen LogP contribution >= 0.6 is 12.2 Å². The summed E-state index contributed by atoms with van der Waals surface area (Å²) in [5.41, 5.74) is 2.32. The van der Waals surface area contributed by atoms with Crippen molar-refractivity contribution in [3.8, 4) is 5.75 Å². The van der Waals surface area contributed by atoms with Gasteiger partial charge in [0, 0.05) is 44.3 Å². The Hall–Kier alpha value is -2.71. The molecule has 0 bridgehead atoms. The average molecular weight is 398 g/mol. The number of hydrogen-bond acceptors (Lipinski definition) is 7. The number of aromatic nitrogens is 3. The number of piperazine rings is 1. The van der Waals surface area contributed by atoms with Crippen LogP contribution in [0.25, 0.3) is 0 Å². The molecule has 0 saturated carbocycles. The largest absolute Gasteiger partial charge is 0.497 e. The Morgan fingerprint density at radius 1 is 1.04 bits per heavy atom. The number of ether oxygens (including phenoxy) is 1. The molecule has 0 N–H and O–H groups in total. The van der Waals surface area contributed by atoms with Gasteiger partial charge in [-0.05, 0) is 42.0 Å². The van der Waals surface area contributed by atoms with Gasteiger partial charge in [-0.3, -0.25) is 9.88 Å². The lowest BCUT2D eigenvalue weighted by Crippen LogP contribution is -2.46. The smallest absolute Gasteiger partial charge is 0.288 e. The maximum absolute atomic E-state index is 5.70. The second-order valence-corrected chi connectivity index (χ2v) is 7.09. The molecule has 3 heterocycles. The molecule has 1 aromatic carbocycles. The highest BCUT2D eigenvalue weighted by Gasteiger charge is 2.18. The van der Waals surface area contributed by atoms with Crippen molar-refractivity contribution in [3.63, 3.8) is 0 Å². The number of rotatable bonds is 6. The Morgan fingerprint density at radius 2 is 1.75 bits per heavy atom. The van der Waals surface area contributed by atoms with Crippen LogP contribution in [0.3, 0.4) is 0 Å². The van der Waals surface area contributed by atoms with Crippen molar-refractivity contribution in [2.24, 2.45) is 0 Å². The Morgan fingerprint density at radius 3 is 2.43 bits per heavy atom. The number of pyridine rings is 1. The van der Waals surface area contributed by atoms with Crippen LogP contribution in [0.4, 0.5) is 5.69 Å². The quantitative estimate of drug-likeness (QED) is 0.593. The molecule has 0 unspecified atom stereocenters. The number of benzene rings is 1. The third kappa shape index (κ3) is 4.40. The summed E-state index contributed by atoms with van der Waals surface area (Å²) >= 11 is 5.37. The lowest BCUT2D eigenvalue weighted by Gasteiger charge is -2.35. The molecular weight excluding hydrogens is 374 g/mol. The van der Waals surface area contributed by atoms with E-state index in [9.17, 15) is 0 Å². The van der Waals surface area contributed by atoms with E-state index < -0.39 is 0 Å². The van der Waals surface area contributed by atoms with E-state index in [1.165, 1.54) is 5.69 Å². The predicted octanol–water partition coefficient (Wildman–Crippen LogP) is 2.98. The van der Waals surface area contributed by atoms with Gasteiger partial charge in [0.2, 0.25) is 5.89 Å². The molecule has 0 radical (unpaired) electrons. The number of anilines is 1. The second kappa shape index (κ2) is 8.53. The standard InChI is InChI=1S/C20H23N5O2S/c1-26-18-4-2-16(3-5-18)14-19-22-25(20(28)27-19)15-23-10-12-24(13-11-23)17-6-8-21-9-7-17/h2-9H,10-15H2,1H3. The summed E-state index contributed by atoms with van der Waals surface area (Å²) in [6.07, 6.45) is 4.28. The fourth-order valence-corrected chi connectivity index (χ4v) is 3.51. The Labute approximate surface area is 169 Å². The third-order valence-corrected chi connectivity index (χ3v) is 5.19. The molecule has 0 spiro atoms. The monoisotopic (exact) mass is 397 g/mol. The molecule has 1 aliphatic heterocycles. The molecule has 7 nitrogen and oxygen atoms in total. The molecule has 146 valence electrons. The van der Waals surface area contributed by atoms with Gasteiger partial charge in [-0.25, -0.2) is 4.68 Å². The number of methoxy groups -OCH3 is 1. The molecule has 1 saturated heterocycles. The van der Waals surface area contributed by atoms with Crippen LogP contribution in [0, 0.1) is 4.84 Å². The van der Waals surface area contributed by atoms with Crippen molar-refractivity contribution in [3.05, 3.63) is 65.1 Å². The summed E-state index contributed by atoms with van der Waals surface area (Å²) < 4.78 is 12.7. The van der Waals surface area contributed by atoms with E-state index in [0.717, 1.165) is 37.5 Å². The van der Waals surface area contributed by atoms with Gasteiger partial charge in [-0.2, -0.15) is 0 Å². The minimum Gasteiger partial charge on any atom is -0.497 e. The first-order valence-electron chi connectivity index (χ1n) is 9.28. The van der Waals surface area contributed by atoms with Crippen molar-refractivity contribution in [2.75, 3.05) is 38.2 Å². The van der Waals surface area contributed by atoms with E-state index >= 15 is 0 Å². The Kier molecular flexibility index (Phi) is 5.68. The van der Waals surface area contributed by atoms with Crippen molar-refractivity contribution in [1.29, 1.82) is 0 Å². The van der Waals surface area contributed by atoms with Gasteiger partial charge >= 0.3 is 0 Å². The van der Waals surface area contributed by atoms with Gasteiger partial charge in [0.15, 0.2) is 0 Å². The molecular formula is C20H23N5O2S. The zero-order valence-corrected chi connectivity index (χ0v) is 16.6. The molecule has 0 aliphatic carbocycles. The van der Waals surface area contributed by atoms with Crippen LogP contribution in [-0.4, -0.2) is 53.0 Å². The van der Waals surface area contributed by atoms with E-state index in [4.69, 9.17) is 21.4 Å². The van der Waals surface area contributed by atoms with E-state index in [0.29, 0.717) is 23.8 Å². The summed E-state index contributed by atoms with van der Waals surface area (Å²) in [6, 6.07) is 12.0. The third-order valence-electron chi connectivity index (χ3n) is 4.90. The van der Waals surface area contributed by atoms with E-state index in [-0.39, 0.29) is 0 Å². The minimum atomic E-state index is 0.417. The van der Waals surface area contributed by atoms with Gasteiger partial charge in [-0.15, -0.1) is 5.10 Å². The van der Waals surface area contributed by atoms with Crippen LogP contribution in [0.5, 0.6) is 5.75 Å². The van der Waals surface area contributed by atoms with Crippen molar-refractivity contribution < 1.29 is 9.15 Å². The molecule has 2 aromatic heterocycles. The normalized spacial score (nSPS) is 15.0. The van der Waals surface area contributed by atoms with Gasteiger partial charge < -0.3 is 14.1 Å². The first-order valence-corrected chi connectivity index (χ1v) is 9.69. The molecule has 0 amide bonds. The SMILES string of the molecule is COc1ccc(Cc2nn(CN3CCN(c4ccncc4)CC3)c(=S)o2)cc1. The highest BCUT2D eigenvalue weighted by atomic mass is 32.1. The first kappa shape index (κ1) is 18.6. The summed E-state index contributed by atoms with van der Waals surface area (Å²) in [4.78, 5) is 9.21. The molecule has 1 fully saturated rings. The van der Waals surface area contributed by atoms with Crippen LogP contribution in [-0.2, 0) is 13.1 Å². The van der Waals surface area contributed by atoms with E-state index in [2.05, 4.69) is 32.0 Å². The molecule has 28 heavy (non-hydrogen) atoms. The number of nitrogens with zero attached hydrogens (tertiary/aromatic N) is 5. The summed E-state index contributed by atoms with van der Waals surface area (Å²) in [6.45, 7) is 4.48. The van der Waals surface area contributed by atoms with Gasteiger partial charge in [0.1, 0.15) is 5.75 Å². The highest BCUT2D eigenvalue weighted by molar-refractivity contribution is 7.71. The van der Waals surface area contributed by atoms with E-state index in [1.807, 2.05) is 36.7 Å². The summed E-state index contributed by atoms with van der Waals surface area (Å²) in [7, 11) is 1.66. The zero-order chi connectivity index (χ0) is 19.3. The van der Waals surface area contributed by atoms with Crippen molar-refractivity contribution in [2.45, 2.75) is 13.1 Å². The molecule has 0 atom stereocenters. The van der Waals surface area contributed by atoms with Gasteiger partial charge in [0.25, 0.3) is 4.84 Å². The highest BCUT2D eigenvalue weighted by Crippen LogP contribution is 2.16. The van der Waals surface area contributed by atoms with E-state index in [1.54, 1.807) is 11.8 Å². The minimum absolute atomic E-state index is 0.417. The topological polar surface area (TPSA) is 59.6 Å². The van der Waals surface area contributed by atoms with Crippen LogP contribution in [0.1, 0.15) is 11.5 Å². The number of hydrogen-bond donors (Lipinski definition) is 0. The zero-order valence-electron chi connectivity index (χ0n) is 15.8. The first-order chi connectivity index (χ1) is 13.7. The van der Waals surface area contributed by atoms with Gasteiger partial charge in [-0.1, -0.05) is 12.1 Å². The average Bonchev–Trinajstić information content (AvgIpc) is 3.08. The molecule has 3 aromatic rings. The predicted molar refractivity (Wildman–Crippen MR) is 109 cm³/mol. The fourth-order valence-electron chi connectivity index (χ4n) is 3.32. The van der Waals surface area contributed by atoms with Crippen LogP contribution in [0.15, 0.2) is 53.2 Å². The molecule has 1 aliphatic rings. The fraction of sp³-hybridized carbons (Fsp3) is 0.350. The van der Waals surface area contributed by atoms with Crippen LogP contribution in [0.2, 0.25) is 0 Å². The maximum Gasteiger partial charge on any atom is 0.288 e. The molecule has 4 rings (SSSR count). The Bertz CT molecular complexity index is 947. The summed E-state index contributed by atoms with van der Waals surface area (Å²) in [5.74, 6) is 1.46. The van der Waals surface area contributed by atoms with Crippen molar-refractivity contribution >= 4 is 17.9 Å². The van der Waals surface area contributed by atoms with Crippen molar-refractivity contribution in [1.82, 2.24) is 19.7 Å².